The molecule has 0 bridgehead atoms. The van der Waals surface area contributed by atoms with E-state index in [0.717, 1.165) is 6.54 Å². The summed E-state index contributed by atoms with van der Waals surface area (Å²) in [5.74, 6) is 0. The fraction of sp³-hybridized carbons (Fsp3) is 0.312. The molecule has 5 nitrogen and oxygen atoms in total. The van der Waals surface area contributed by atoms with E-state index < -0.39 is 10.1 Å². The Kier molecular flexibility index (Phi) is 7.56. The smallest absolute Gasteiger partial charge is 0.243 e. The molecule has 0 N–H and O–H groups in total. The summed E-state index contributed by atoms with van der Waals surface area (Å²) in [6.07, 6.45) is 10.1. The fourth-order valence-electron chi connectivity index (χ4n) is 1.70. The van der Waals surface area contributed by atoms with Crippen LogP contribution >= 0.6 is 0 Å². The maximum Gasteiger partial charge on any atom is 0.243 e. The lowest BCUT2D eigenvalue weighted by atomic mass is 10.2. The molecule has 6 heteroatoms. The van der Waals surface area contributed by atoms with Gasteiger partial charge in [-0.2, -0.15) is 0 Å². The molecular weight excluding hydrogens is 300 g/mol. The van der Waals surface area contributed by atoms with Gasteiger partial charge in [-0.15, -0.1) is 0 Å². The number of aromatic nitrogens is 2. The lowest BCUT2D eigenvalue weighted by Crippen LogP contribution is -2.23. The Labute approximate surface area is 132 Å². The number of hydrogen-bond donors (Lipinski definition) is 0. The molecule has 0 atom stereocenters. The van der Waals surface area contributed by atoms with E-state index in [-0.39, 0.29) is 0 Å². The van der Waals surface area contributed by atoms with Crippen molar-refractivity contribution in [2.75, 3.05) is 0 Å². The van der Waals surface area contributed by atoms with Crippen LogP contribution in [0.5, 0.6) is 0 Å². The number of unbranched alkanes of at least 4 members (excludes halogenated alkanes) is 1. The Morgan fingerprint density at radius 1 is 1.27 bits per heavy atom. The van der Waals surface area contributed by atoms with Crippen molar-refractivity contribution in [2.24, 2.45) is 7.05 Å². The van der Waals surface area contributed by atoms with Gasteiger partial charge in [0.2, 0.25) is 6.33 Å². The SMILES string of the molecule is CCCCn1cc[n+](C)c1.O=S(=O)([O-])C=Cc1ccccc1. The van der Waals surface area contributed by atoms with Crippen molar-refractivity contribution < 1.29 is 17.5 Å². The van der Waals surface area contributed by atoms with Gasteiger partial charge in [0.05, 0.1) is 13.6 Å². The minimum absolute atomic E-state index is 0.641. The summed E-state index contributed by atoms with van der Waals surface area (Å²) in [6, 6.07) is 8.75. The molecule has 0 fully saturated rings. The quantitative estimate of drug-likeness (QED) is 0.627. The molecule has 0 radical (unpaired) electrons. The second-order valence-electron chi connectivity index (χ2n) is 4.88. The zero-order valence-corrected chi connectivity index (χ0v) is 13.7. The molecule has 120 valence electrons. The lowest BCUT2D eigenvalue weighted by Gasteiger charge is -1.97. The summed E-state index contributed by atoms with van der Waals surface area (Å²) >= 11 is 0. The number of aryl methyl sites for hydroxylation is 2. The van der Waals surface area contributed by atoms with Gasteiger partial charge in [-0.1, -0.05) is 43.7 Å². The minimum atomic E-state index is -4.25. The van der Waals surface area contributed by atoms with E-state index in [2.05, 4.69) is 34.8 Å². The van der Waals surface area contributed by atoms with E-state index in [1.807, 2.05) is 13.1 Å². The first-order valence-corrected chi connectivity index (χ1v) is 8.58. The van der Waals surface area contributed by atoms with Gasteiger partial charge in [0.25, 0.3) is 0 Å². The van der Waals surface area contributed by atoms with Crippen LogP contribution in [0.2, 0.25) is 0 Å². The van der Waals surface area contributed by atoms with Crippen molar-refractivity contribution in [3.8, 4) is 0 Å². The maximum atomic E-state index is 10.2. The van der Waals surface area contributed by atoms with E-state index >= 15 is 0 Å². The first-order chi connectivity index (χ1) is 10.4. The standard InChI is InChI=1S/C8H15N2.C8H8O3S/c1-3-4-5-10-7-6-9(2)8-10;9-12(10,11)7-6-8-4-2-1-3-5-8/h6-8H,3-5H2,1-2H3;1-7H,(H,9,10,11)/q+1;/p-1. The van der Waals surface area contributed by atoms with Crippen molar-refractivity contribution in [1.82, 2.24) is 4.57 Å². The predicted octanol–water partition coefficient (Wildman–Crippen LogP) is 2.32. The number of benzene rings is 1. The van der Waals surface area contributed by atoms with E-state index in [4.69, 9.17) is 0 Å². The fourth-order valence-corrected chi connectivity index (χ4v) is 2.02. The normalized spacial score (nSPS) is 11.2. The molecule has 1 aromatic heterocycles. The molecule has 2 rings (SSSR count). The second kappa shape index (κ2) is 9.17. The molecule has 0 saturated heterocycles. The van der Waals surface area contributed by atoms with Gasteiger partial charge in [-0.25, -0.2) is 17.6 Å². The Hall–Kier alpha value is -1.92. The van der Waals surface area contributed by atoms with Crippen molar-refractivity contribution in [3.63, 3.8) is 0 Å². The summed E-state index contributed by atoms with van der Waals surface area (Å²) in [6.45, 7) is 3.36. The molecule has 22 heavy (non-hydrogen) atoms. The second-order valence-corrected chi connectivity index (χ2v) is 6.13. The van der Waals surface area contributed by atoms with Gasteiger partial charge in [-0.05, 0) is 18.1 Å². The third kappa shape index (κ3) is 8.39. The monoisotopic (exact) mass is 322 g/mol. The van der Waals surface area contributed by atoms with Crippen LogP contribution in [0.25, 0.3) is 6.08 Å². The predicted molar refractivity (Wildman–Crippen MR) is 85.7 cm³/mol. The lowest BCUT2D eigenvalue weighted by molar-refractivity contribution is -0.671. The Bertz CT molecular complexity index is 676. The third-order valence-electron chi connectivity index (χ3n) is 2.82. The Balaban J connectivity index is 0.000000224. The molecule has 0 unspecified atom stereocenters. The zero-order valence-electron chi connectivity index (χ0n) is 12.9. The first kappa shape index (κ1) is 18.1. The van der Waals surface area contributed by atoms with Crippen LogP contribution in [0, 0.1) is 0 Å². The van der Waals surface area contributed by atoms with E-state index in [1.54, 1.807) is 24.3 Å². The topological polar surface area (TPSA) is 66.0 Å². The van der Waals surface area contributed by atoms with Crippen molar-refractivity contribution in [3.05, 3.63) is 60.0 Å². The highest BCUT2D eigenvalue weighted by molar-refractivity contribution is 7.88. The zero-order chi connectivity index (χ0) is 16.4. The van der Waals surface area contributed by atoms with E-state index in [1.165, 1.54) is 18.9 Å². The van der Waals surface area contributed by atoms with Crippen molar-refractivity contribution in [2.45, 2.75) is 26.3 Å². The average molecular weight is 322 g/mol. The first-order valence-electron chi connectivity index (χ1n) is 7.11. The number of imidazole rings is 1. The van der Waals surface area contributed by atoms with Gasteiger partial charge >= 0.3 is 0 Å². The summed E-state index contributed by atoms with van der Waals surface area (Å²) in [4.78, 5) is 0. The number of nitrogens with zero attached hydrogens (tertiary/aromatic N) is 2. The Morgan fingerprint density at radius 3 is 2.45 bits per heavy atom. The molecule has 0 saturated carbocycles. The minimum Gasteiger partial charge on any atom is -0.744 e. The molecule has 2 aromatic rings. The van der Waals surface area contributed by atoms with Crippen LogP contribution in [0.1, 0.15) is 25.3 Å². The molecule has 0 aliphatic heterocycles. The highest BCUT2D eigenvalue weighted by atomic mass is 32.2. The van der Waals surface area contributed by atoms with Crippen LogP contribution in [0.15, 0.2) is 54.5 Å². The number of hydrogen-bond acceptors (Lipinski definition) is 3. The van der Waals surface area contributed by atoms with Crippen LogP contribution in [-0.4, -0.2) is 17.5 Å². The summed E-state index contributed by atoms with van der Waals surface area (Å²) < 4.78 is 34.8. The van der Waals surface area contributed by atoms with Gasteiger partial charge in [0, 0.05) is 5.41 Å². The van der Waals surface area contributed by atoms with Gasteiger partial charge in [-0.3, -0.25) is 0 Å². The van der Waals surface area contributed by atoms with Crippen molar-refractivity contribution >= 4 is 16.2 Å². The molecule has 0 spiro atoms. The third-order valence-corrected chi connectivity index (χ3v) is 3.29. The molecule has 0 aliphatic rings. The summed E-state index contributed by atoms with van der Waals surface area (Å²) in [5, 5.41) is 0.641. The maximum absolute atomic E-state index is 10.2. The van der Waals surface area contributed by atoms with Crippen LogP contribution in [0.4, 0.5) is 0 Å². The Morgan fingerprint density at radius 2 is 1.95 bits per heavy atom. The molecule has 0 aliphatic carbocycles. The van der Waals surface area contributed by atoms with Gasteiger partial charge in [0.15, 0.2) is 0 Å². The largest absolute Gasteiger partial charge is 0.744 e. The van der Waals surface area contributed by atoms with Crippen LogP contribution in [-0.2, 0) is 23.7 Å². The van der Waals surface area contributed by atoms with Crippen molar-refractivity contribution in [1.29, 1.82) is 0 Å². The average Bonchev–Trinajstić information content (AvgIpc) is 2.90. The molecule has 1 aromatic carbocycles. The van der Waals surface area contributed by atoms with Gasteiger partial charge in [0.1, 0.15) is 22.5 Å². The summed E-state index contributed by atoms with van der Waals surface area (Å²) in [5.41, 5.74) is 0.692. The molecule has 1 heterocycles. The van der Waals surface area contributed by atoms with Crippen LogP contribution in [0.3, 0.4) is 0 Å². The highest BCUT2D eigenvalue weighted by Crippen LogP contribution is 2.01. The highest BCUT2D eigenvalue weighted by Gasteiger charge is 1.96. The molecular formula is C16H22N2O3S. The number of rotatable bonds is 5. The van der Waals surface area contributed by atoms with E-state index in [0.29, 0.717) is 11.0 Å². The summed E-state index contributed by atoms with van der Waals surface area (Å²) in [7, 11) is -2.21. The van der Waals surface area contributed by atoms with Gasteiger partial charge < -0.3 is 4.55 Å². The molecule has 0 amide bonds. The van der Waals surface area contributed by atoms with E-state index in [9.17, 15) is 13.0 Å². The van der Waals surface area contributed by atoms with Crippen LogP contribution < -0.4 is 4.57 Å².